The molecule has 140 valence electrons. The Morgan fingerprint density at radius 2 is 1.68 bits per heavy atom. The Bertz CT molecular complexity index is 1070. The summed E-state index contributed by atoms with van der Waals surface area (Å²) >= 11 is 0. The van der Waals surface area contributed by atoms with Gasteiger partial charge in [0.05, 0.1) is 5.69 Å². The predicted octanol–water partition coefficient (Wildman–Crippen LogP) is 3.92. The lowest BCUT2D eigenvalue weighted by Crippen LogP contribution is -2.21. The molecule has 0 aliphatic rings. The van der Waals surface area contributed by atoms with E-state index in [9.17, 15) is 0 Å². The number of aromatic nitrogens is 3. The molecule has 7 nitrogen and oxygen atoms in total. The average molecular weight is 371 g/mol. The van der Waals surface area contributed by atoms with E-state index in [1.54, 1.807) is 4.80 Å². The van der Waals surface area contributed by atoms with Gasteiger partial charge in [-0.3, -0.25) is 0 Å². The zero-order chi connectivity index (χ0) is 20.1. The summed E-state index contributed by atoms with van der Waals surface area (Å²) in [5.74, 6) is 0. The van der Waals surface area contributed by atoms with E-state index in [1.165, 1.54) is 11.9 Å². The Morgan fingerprint density at radius 3 is 2.25 bits per heavy atom. The van der Waals surface area contributed by atoms with Crippen molar-refractivity contribution in [3.05, 3.63) is 53.7 Å². The van der Waals surface area contributed by atoms with E-state index in [4.69, 9.17) is 10.5 Å². The van der Waals surface area contributed by atoms with Gasteiger partial charge >= 0.3 is 0 Å². The summed E-state index contributed by atoms with van der Waals surface area (Å²) in [5, 5.41) is 29.8. The molecule has 0 amide bonds. The number of rotatable bonds is 6. The highest BCUT2D eigenvalue weighted by Crippen LogP contribution is 2.23. The quantitative estimate of drug-likeness (QED) is 0.660. The van der Waals surface area contributed by atoms with Gasteiger partial charge in [0.15, 0.2) is 0 Å². The van der Waals surface area contributed by atoms with Crippen molar-refractivity contribution >= 4 is 22.4 Å². The summed E-state index contributed by atoms with van der Waals surface area (Å²) in [7, 11) is 0. The molecule has 1 heterocycles. The first-order valence-electron chi connectivity index (χ1n) is 9.09. The molecule has 3 aromatic rings. The fraction of sp³-hybridized carbons (Fsp3) is 0.238. The van der Waals surface area contributed by atoms with Crippen molar-refractivity contribution < 1.29 is 0 Å². The lowest BCUT2D eigenvalue weighted by Gasteiger charge is -2.20. The Labute approximate surface area is 164 Å². The highest BCUT2D eigenvalue weighted by Gasteiger charge is 2.09. The summed E-state index contributed by atoms with van der Waals surface area (Å²) < 4.78 is 0. The van der Waals surface area contributed by atoms with Crippen molar-refractivity contribution in [3.63, 3.8) is 0 Å². The largest absolute Gasteiger partial charge is 0.372 e. The first-order chi connectivity index (χ1) is 13.6. The van der Waals surface area contributed by atoms with Crippen molar-refractivity contribution in [1.82, 2.24) is 15.0 Å². The maximum Gasteiger partial charge on any atom is 0.145 e. The molecule has 0 aliphatic heterocycles. The van der Waals surface area contributed by atoms with Crippen LogP contribution in [0.4, 0.5) is 11.4 Å². The maximum absolute atomic E-state index is 8.85. The van der Waals surface area contributed by atoms with E-state index in [-0.39, 0.29) is 5.57 Å². The fourth-order valence-corrected chi connectivity index (χ4v) is 2.96. The van der Waals surface area contributed by atoms with Crippen molar-refractivity contribution in [2.75, 3.05) is 23.3 Å². The van der Waals surface area contributed by atoms with Crippen LogP contribution in [0, 0.1) is 29.6 Å². The van der Waals surface area contributed by atoms with Crippen LogP contribution in [-0.2, 0) is 0 Å². The van der Waals surface area contributed by atoms with Crippen molar-refractivity contribution in [2.24, 2.45) is 0 Å². The average Bonchev–Trinajstić information content (AvgIpc) is 3.13. The van der Waals surface area contributed by atoms with E-state index in [2.05, 4.69) is 46.4 Å². The van der Waals surface area contributed by atoms with E-state index in [0.29, 0.717) is 0 Å². The molecule has 0 spiro atoms. The minimum Gasteiger partial charge on any atom is -0.372 e. The number of nitriles is 2. The van der Waals surface area contributed by atoms with Gasteiger partial charge in [-0.2, -0.15) is 15.3 Å². The molecule has 0 saturated heterocycles. The van der Waals surface area contributed by atoms with Gasteiger partial charge in [-0.15, -0.1) is 10.2 Å². The second kappa shape index (κ2) is 8.24. The molecule has 7 heteroatoms. The predicted molar refractivity (Wildman–Crippen MR) is 110 cm³/mol. The minimum absolute atomic E-state index is 0.0106. The molecule has 0 atom stereocenters. The van der Waals surface area contributed by atoms with Gasteiger partial charge in [-0.25, -0.2) is 0 Å². The van der Waals surface area contributed by atoms with Crippen LogP contribution in [0.1, 0.15) is 19.4 Å². The van der Waals surface area contributed by atoms with Gasteiger partial charge in [-0.1, -0.05) is 0 Å². The number of fused-ring (bicyclic) bond motifs is 1. The number of nitrogens with one attached hydrogen (secondary N) is 1. The van der Waals surface area contributed by atoms with Crippen LogP contribution >= 0.6 is 0 Å². The molecule has 2 aromatic carbocycles. The molecule has 0 unspecified atom stereocenters. The number of hydrogen-bond acceptors (Lipinski definition) is 6. The Kier molecular flexibility index (Phi) is 5.57. The molecule has 0 saturated carbocycles. The maximum atomic E-state index is 8.85. The number of benzene rings is 2. The fourth-order valence-electron chi connectivity index (χ4n) is 2.96. The van der Waals surface area contributed by atoms with E-state index >= 15 is 0 Å². The molecule has 0 bridgehead atoms. The van der Waals surface area contributed by atoms with Gasteiger partial charge < -0.3 is 10.2 Å². The Balaban J connectivity index is 1.91. The number of hydrogen-bond donors (Lipinski definition) is 1. The third-order valence-corrected chi connectivity index (χ3v) is 4.55. The van der Waals surface area contributed by atoms with Gasteiger partial charge in [0.25, 0.3) is 0 Å². The smallest absolute Gasteiger partial charge is 0.145 e. The molecular formula is C21H21N7. The Morgan fingerprint density at radius 1 is 1.07 bits per heavy atom. The third-order valence-electron chi connectivity index (χ3n) is 4.55. The number of allylic oxidation sites excluding steroid dienone is 1. The number of aryl methyl sites for hydroxylation is 1. The molecule has 1 aromatic heterocycles. The van der Waals surface area contributed by atoms with E-state index < -0.39 is 0 Å². The number of anilines is 2. The second-order valence-electron chi connectivity index (χ2n) is 6.26. The third kappa shape index (κ3) is 3.79. The summed E-state index contributed by atoms with van der Waals surface area (Å²) in [6, 6.07) is 15.6. The minimum atomic E-state index is 0.0106. The standard InChI is InChI=1S/C21H21N7/c1-4-27(5-2)17-6-8-18(9-7-17)28-25-20-10-15(3)19(11-21(20)26-28)24-14-16(12-22)13-23/h6-11,14,24H,4-5H2,1-3H3. The highest BCUT2D eigenvalue weighted by molar-refractivity contribution is 5.81. The molecule has 0 fully saturated rings. The van der Waals surface area contributed by atoms with Crippen LogP contribution in [0.3, 0.4) is 0 Å². The second-order valence-corrected chi connectivity index (χ2v) is 6.26. The zero-order valence-electron chi connectivity index (χ0n) is 16.1. The molecular weight excluding hydrogens is 350 g/mol. The molecule has 28 heavy (non-hydrogen) atoms. The topological polar surface area (TPSA) is 93.6 Å². The van der Waals surface area contributed by atoms with Crippen LogP contribution in [-0.4, -0.2) is 28.1 Å². The highest BCUT2D eigenvalue weighted by atomic mass is 15.5. The van der Waals surface area contributed by atoms with Crippen LogP contribution < -0.4 is 10.2 Å². The van der Waals surface area contributed by atoms with Crippen LogP contribution in [0.15, 0.2) is 48.2 Å². The molecule has 1 N–H and O–H groups in total. The summed E-state index contributed by atoms with van der Waals surface area (Å²) in [5.41, 5.74) is 5.30. The molecule has 3 rings (SSSR count). The van der Waals surface area contributed by atoms with Crippen molar-refractivity contribution in [1.29, 1.82) is 10.5 Å². The SMILES string of the molecule is CCN(CC)c1ccc(-n2nc3cc(C)c(NC=C(C#N)C#N)cc3n2)cc1. The van der Waals surface area contributed by atoms with Gasteiger partial charge in [-0.05, 0) is 62.7 Å². The van der Waals surface area contributed by atoms with Crippen LogP contribution in [0.2, 0.25) is 0 Å². The normalized spacial score (nSPS) is 10.2. The monoisotopic (exact) mass is 371 g/mol. The van der Waals surface area contributed by atoms with Crippen molar-refractivity contribution in [2.45, 2.75) is 20.8 Å². The first-order valence-corrected chi connectivity index (χ1v) is 9.09. The lowest BCUT2D eigenvalue weighted by molar-refractivity contribution is 0.765. The van der Waals surface area contributed by atoms with Crippen LogP contribution in [0.5, 0.6) is 0 Å². The summed E-state index contributed by atoms with van der Waals surface area (Å²) in [6.45, 7) is 8.13. The Hall–Kier alpha value is -3.84. The van der Waals surface area contributed by atoms with Crippen LogP contribution in [0.25, 0.3) is 16.7 Å². The number of nitrogens with zero attached hydrogens (tertiary/aromatic N) is 6. The van der Waals surface area contributed by atoms with Gasteiger partial charge in [0.1, 0.15) is 28.7 Å². The molecule has 0 aliphatic carbocycles. The summed E-state index contributed by atoms with van der Waals surface area (Å²) in [6.07, 6.45) is 1.39. The summed E-state index contributed by atoms with van der Waals surface area (Å²) in [4.78, 5) is 3.90. The lowest BCUT2D eigenvalue weighted by atomic mass is 10.1. The zero-order valence-corrected chi connectivity index (χ0v) is 16.1. The van der Waals surface area contributed by atoms with Gasteiger partial charge in [0, 0.05) is 30.7 Å². The van der Waals surface area contributed by atoms with E-state index in [0.717, 1.165) is 41.1 Å². The first kappa shape index (κ1) is 18.9. The van der Waals surface area contributed by atoms with E-state index in [1.807, 2.05) is 43.3 Å². The molecule has 0 radical (unpaired) electrons. The van der Waals surface area contributed by atoms with Crippen molar-refractivity contribution in [3.8, 4) is 17.8 Å². The van der Waals surface area contributed by atoms with Gasteiger partial charge in [0.2, 0.25) is 0 Å².